The van der Waals surface area contributed by atoms with Gasteiger partial charge >= 0.3 is 0 Å². The van der Waals surface area contributed by atoms with Crippen LogP contribution < -0.4 is 5.73 Å². The van der Waals surface area contributed by atoms with Crippen molar-refractivity contribution >= 4 is 17.6 Å². The van der Waals surface area contributed by atoms with Gasteiger partial charge in [-0.15, -0.1) is 5.10 Å². The second kappa shape index (κ2) is 4.70. The number of aryl methyl sites for hydroxylation is 1. The second-order valence-electron chi connectivity index (χ2n) is 2.15. The number of nitrogens with two attached hydrogens (primary N) is 1. The SMILES string of the molecule is N=C(N)CSCCn1cnnn1. The smallest absolute Gasteiger partial charge is 0.138 e. The minimum Gasteiger partial charge on any atom is -0.387 e. The Morgan fingerprint density at radius 3 is 3.08 bits per heavy atom. The van der Waals surface area contributed by atoms with Gasteiger partial charge in [0.1, 0.15) is 12.2 Å². The summed E-state index contributed by atoms with van der Waals surface area (Å²) < 4.78 is 1.65. The van der Waals surface area contributed by atoms with Crippen molar-refractivity contribution in [1.82, 2.24) is 20.2 Å². The molecule has 3 N–H and O–H groups in total. The van der Waals surface area contributed by atoms with E-state index in [2.05, 4.69) is 15.5 Å². The van der Waals surface area contributed by atoms with Gasteiger partial charge in [-0.05, 0) is 10.4 Å². The van der Waals surface area contributed by atoms with E-state index in [-0.39, 0.29) is 5.84 Å². The van der Waals surface area contributed by atoms with Crippen LogP contribution in [0.1, 0.15) is 0 Å². The molecular weight excluding hydrogens is 176 g/mol. The lowest BCUT2D eigenvalue weighted by atomic mass is 10.7. The van der Waals surface area contributed by atoms with E-state index in [9.17, 15) is 0 Å². The van der Waals surface area contributed by atoms with Crippen molar-refractivity contribution in [1.29, 1.82) is 5.41 Å². The fourth-order valence-electron chi connectivity index (χ4n) is 0.623. The number of amidine groups is 1. The van der Waals surface area contributed by atoms with Crippen molar-refractivity contribution in [3.63, 3.8) is 0 Å². The maximum atomic E-state index is 6.96. The fraction of sp³-hybridized carbons (Fsp3) is 0.600. The maximum Gasteiger partial charge on any atom is 0.138 e. The minimum atomic E-state index is 0.205. The quantitative estimate of drug-likeness (QED) is 0.362. The van der Waals surface area contributed by atoms with Gasteiger partial charge in [-0.2, -0.15) is 11.8 Å². The number of nitrogens with one attached hydrogen (secondary N) is 1. The molecule has 0 aliphatic rings. The van der Waals surface area contributed by atoms with Crippen LogP contribution in [0.3, 0.4) is 0 Å². The Bertz CT molecular complexity index is 232. The molecule has 0 fully saturated rings. The molecule has 0 spiro atoms. The predicted molar refractivity (Wildman–Crippen MR) is 47.1 cm³/mol. The van der Waals surface area contributed by atoms with Gasteiger partial charge in [-0.3, -0.25) is 5.41 Å². The van der Waals surface area contributed by atoms with Crippen molar-refractivity contribution < 1.29 is 0 Å². The molecule has 0 bridgehead atoms. The van der Waals surface area contributed by atoms with Crippen LogP contribution in [0, 0.1) is 5.41 Å². The molecule has 0 saturated heterocycles. The summed E-state index contributed by atoms with van der Waals surface area (Å²) >= 11 is 1.59. The summed E-state index contributed by atoms with van der Waals surface area (Å²) in [5, 5.41) is 17.6. The predicted octanol–water partition coefficient (Wildman–Crippen LogP) is -0.658. The molecule has 0 saturated carbocycles. The van der Waals surface area contributed by atoms with Crippen LogP contribution in [0.2, 0.25) is 0 Å². The first-order valence-corrected chi connectivity index (χ1v) is 4.56. The van der Waals surface area contributed by atoms with Crippen LogP contribution in [0.15, 0.2) is 6.33 Å². The van der Waals surface area contributed by atoms with Crippen LogP contribution in [-0.4, -0.2) is 37.5 Å². The summed E-state index contributed by atoms with van der Waals surface area (Å²) in [5.74, 6) is 1.64. The van der Waals surface area contributed by atoms with Gasteiger partial charge in [0.15, 0.2) is 0 Å². The van der Waals surface area contributed by atoms with Gasteiger partial charge in [0.2, 0.25) is 0 Å². The topological polar surface area (TPSA) is 93.5 Å². The highest BCUT2D eigenvalue weighted by Gasteiger charge is 1.93. The van der Waals surface area contributed by atoms with Gasteiger partial charge in [0.05, 0.1) is 12.3 Å². The summed E-state index contributed by atoms with van der Waals surface area (Å²) in [4.78, 5) is 0. The zero-order valence-electron chi connectivity index (χ0n) is 6.47. The van der Waals surface area contributed by atoms with E-state index in [1.54, 1.807) is 22.8 Å². The molecule has 0 aromatic carbocycles. The Morgan fingerprint density at radius 2 is 2.50 bits per heavy atom. The normalized spacial score (nSPS) is 10.0. The summed E-state index contributed by atoms with van der Waals surface area (Å²) in [6.45, 7) is 0.755. The van der Waals surface area contributed by atoms with E-state index < -0.39 is 0 Å². The largest absolute Gasteiger partial charge is 0.387 e. The lowest BCUT2D eigenvalue weighted by Crippen LogP contribution is -2.13. The number of tetrazole rings is 1. The Hall–Kier alpha value is -1.11. The number of thioether (sulfide) groups is 1. The first-order chi connectivity index (χ1) is 5.79. The van der Waals surface area contributed by atoms with Crippen molar-refractivity contribution in [2.45, 2.75) is 6.54 Å². The van der Waals surface area contributed by atoms with Gasteiger partial charge < -0.3 is 5.73 Å². The summed E-state index contributed by atoms with van der Waals surface area (Å²) in [6, 6.07) is 0. The molecule has 0 amide bonds. The zero-order valence-corrected chi connectivity index (χ0v) is 7.29. The fourth-order valence-corrected chi connectivity index (χ4v) is 1.30. The highest BCUT2D eigenvalue weighted by Crippen LogP contribution is 1.98. The van der Waals surface area contributed by atoms with Crippen molar-refractivity contribution in [2.24, 2.45) is 5.73 Å². The van der Waals surface area contributed by atoms with Crippen LogP contribution >= 0.6 is 11.8 Å². The molecule has 1 rings (SSSR count). The molecular formula is C5H10N6S. The van der Waals surface area contributed by atoms with Crippen molar-refractivity contribution in [2.75, 3.05) is 11.5 Å². The third-order valence-corrected chi connectivity index (χ3v) is 2.10. The second-order valence-corrected chi connectivity index (χ2v) is 3.26. The first-order valence-electron chi connectivity index (χ1n) is 3.40. The van der Waals surface area contributed by atoms with Crippen LogP contribution in [0.4, 0.5) is 0 Å². The average molecular weight is 186 g/mol. The molecule has 6 nitrogen and oxygen atoms in total. The first kappa shape index (κ1) is 8.98. The molecule has 7 heteroatoms. The van der Waals surface area contributed by atoms with Crippen LogP contribution in [-0.2, 0) is 6.54 Å². The summed E-state index contributed by atoms with van der Waals surface area (Å²) in [6.07, 6.45) is 1.56. The standard InChI is InChI=1S/C5H10N6S/c6-5(7)3-12-2-1-11-4-8-9-10-11/h4H,1-3H2,(H3,6,7). The molecule has 0 aliphatic carbocycles. The van der Waals surface area contributed by atoms with E-state index in [1.807, 2.05) is 0 Å². The Labute approximate surface area is 74.0 Å². The third kappa shape index (κ3) is 3.33. The molecule has 1 aromatic rings. The summed E-state index contributed by atoms with van der Waals surface area (Å²) in [5.41, 5.74) is 5.17. The Morgan fingerprint density at radius 1 is 1.67 bits per heavy atom. The summed E-state index contributed by atoms with van der Waals surface area (Å²) in [7, 11) is 0. The number of nitrogens with zero attached hydrogens (tertiary/aromatic N) is 4. The molecule has 0 radical (unpaired) electrons. The lowest BCUT2D eigenvalue weighted by Gasteiger charge is -1.98. The third-order valence-electron chi connectivity index (χ3n) is 1.11. The number of aromatic nitrogens is 4. The highest BCUT2D eigenvalue weighted by atomic mass is 32.2. The van der Waals surface area contributed by atoms with Crippen LogP contribution in [0.25, 0.3) is 0 Å². The monoisotopic (exact) mass is 186 g/mol. The molecule has 66 valence electrons. The van der Waals surface area contributed by atoms with Crippen molar-refractivity contribution in [3.8, 4) is 0 Å². The van der Waals surface area contributed by atoms with E-state index in [0.717, 1.165) is 12.3 Å². The lowest BCUT2D eigenvalue weighted by molar-refractivity contribution is 0.631. The minimum absolute atomic E-state index is 0.205. The molecule has 0 aliphatic heterocycles. The Kier molecular flexibility index (Phi) is 3.52. The van der Waals surface area contributed by atoms with E-state index in [4.69, 9.17) is 11.1 Å². The van der Waals surface area contributed by atoms with Gasteiger partial charge in [-0.1, -0.05) is 0 Å². The molecule has 1 heterocycles. The zero-order chi connectivity index (χ0) is 8.81. The average Bonchev–Trinajstić information content (AvgIpc) is 2.49. The van der Waals surface area contributed by atoms with Crippen molar-refractivity contribution in [3.05, 3.63) is 6.33 Å². The van der Waals surface area contributed by atoms with E-state index >= 15 is 0 Å². The molecule has 0 unspecified atom stereocenters. The van der Waals surface area contributed by atoms with Gasteiger partial charge in [0.25, 0.3) is 0 Å². The molecule has 0 atom stereocenters. The van der Waals surface area contributed by atoms with Gasteiger partial charge in [-0.25, -0.2) is 4.68 Å². The highest BCUT2D eigenvalue weighted by molar-refractivity contribution is 7.99. The number of hydrogen-bond donors (Lipinski definition) is 2. The van der Waals surface area contributed by atoms with Gasteiger partial charge in [0, 0.05) is 5.75 Å². The number of hydrogen-bond acceptors (Lipinski definition) is 5. The Balaban J connectivity index is 2.07. The number of rotatable bonds is 5. The molecule has 1 aromatic heterocycles. The van der Waals surface area contributed by atoms with E-state index in [0.29, 0.717) is 5.75 Å². The van der Waals surface area contributed by atoms with E-state index in [1.165, 1.54) is 0 Å². The maximum absolute atomic E-state index is 6.96. The van der Waals surface area contributed by atoms with Crippen LogP contribution in [0.5, 0.6) is 0 Å². The molecule has 12 heavy (non-hydrogen) atoms.